The van der Waals surface area contributed by atoms with Gasteiger partial charge in [-0.25, -0.2) is 9.18 Å². The van der Waals surface area contributed by atoms with Crippen LogP contribution in [0.25, 0.3) is 0 Å². The molecule has 1 heterocycles. The summed E-state index contributed by atoms with van der Waals surface area (Å²) in [5.74, 6) is -0.0986. The maximum absolute atomic E-state index is 13.3. The highest BCUT2D eigenvalue weighted by molar-refractivity contribution is 5.79. The second-order valence-corrected chi connectivity index (χ2v) is 5.66. The van der Waals surface area contributed by atoms with Crippen molar-refractivity contribution in [2.75, 3.05) is 26.8 Å². The average Bonchev–Trinajstić information content (AvgIpc) is 2.56. The van der Waals surface area contributed by atoms with Gasteiger partial charge in [-0.3, -0.25) is 4.79 Å². The van der Waals surface area contributed by atoms with Gasteiger partial charge in [-0.2, -0.15) is 0 Å². The van der Waals surface area contributed by atoms with Gasteiger partial charge in [0.05, 0.1) is 20.1 Å². The minimum absolute atomic E-state index is 0.00253. The van der Waals surface area contributed by atoms with E-state index in [9.17, 15) is 14.0 Å². The fourth-order valence-electron chi connectivity index (χ4n) is 2.76. The molecule has 0 aromatic heterocycles. The molecule has 0 saturated carbocycles. The van der Waals surface area contributed by atoms with Crippen LogP contribution in [0.4, 0.5) is 9.18 Å². The summed E-state index contributed by atoms with van der Waals surface area (Å²) in [6, 6.07) is 4.12. The molecule has 0 atom stereocenters. The van der Waals surface area contributed by atoms with E-state index in [2.05, 4.69) is 5.32 Å². The van der Waals surface area contributed by atoms with Crippen molar-refractivity contribution in [1.29, 1.82) is 0 Å². The Kier molecular flexibility index (Phi) is 6.40. The molecule has 0 unspecified atom stereocenters. The summed E-state index contributed by atoms with van der Waals surface area (Å²) < 4.78 is 23.5. The molecular weight excluding hydrogens is 315 g/mol. The van der Waals surface area contributed by atoms with E-state index in [-0.39, 0.29) is 24.5 Å². The standard InChI is InChI=1S/C17H23FN2O4/c1-3-24-17(22)20-8-6-14(7-9-20)19-16(21)11-12-10-13(18)4-5-15(12)23-2/h4-5,10,14H,3,6-9,11H2,1-2H3,(H,19,21). The van der Waals surface area contributed by atoms with Crippen LogP contribution in [0.3, 0.4) is 0 Å². The van der Waals surface area contributed by atoms with Gasteiger partial charge in [0.1, 0.15) is 11.6 Å². The number of hydrogen-bond acceptors (Lipinski definition) is 4. The van der Waals surface area contributed by atoms with E-state index in [1.807, 2.05) is 0 Å². The van der Waals surface area contributed by atoms with Crippen molar-refractivity contribution in [3.05, 3.63) is 29.6 Å². The first kappa shape index (κ1) is 18.0. The number of likely N-dealkylation sites (tertiary alicyclic amines) is 1. The molecule has 1 saturated heterocycles. The number of halogens is 1. The molecule has 0 spiro atoms. The molecule has 2 rings (SSSR count). The van der Waals surface area contributed by atoms with Crippen molar-refractivity contribution in [3.63, 3.8) is 0 Å². The van der Waals surface area contributed by atoms with Crippen LogP contribution in [0.2, 0.25) is 0 Å². The van der Waals surface area contributed by atoms with Gasteiger partial charge in [0.2, 0.25) is 5.91 Å². The van der Waals surface area contributed by atoms with Crippen LogP contribution in [-0.4, -0.2) is 49.7 Å². The van der Waals surface area contributed by atoms with Gasteiger partial charge in [0.25, 0.3) is 0 Å². The number of methoxy groups -OCH3 is 1. The molecule has 1 fully saturated rings. The lowest BCUT2D eigenvalue weighted by atomic mass is 10.0. The van der Waals surface area contributed by atoms with E-state index >= 15 is 0 Å². The summed E-state index contributed by atoms with van der Waals surface area (Å²) in [7, 11) is 1.49. The minimum Gasteiger partial charge on any atom is -0.496 e. The van der Waals surface area contributed by atoms with Crippen molar-refractivity contribution < 1.29 is 23.5 Å². The number of ether oxygens (including phenoxy) is 2. The SMILES string of the molecule is CCOC(=O)N1CCC(NC(=O)Cc2cc(F)ccc2OC)CC1. The van der Waals surface area contributed by atoms with Gasteiger partial charge in [-0.1, -0.05) is 0 Å². The van der Waals surface area contributed by atoms with Crippen molar-refractivity contribution in [2.45, 2.75) is 32.2 Å². The molecule has 1 aromatic carbocycles. The van der Waals surface area contributed by atoms with E-state index in [0.717, 1.165) is 0 Å². The summed E-state index contributed by atoms with van der Waals surface area (Å²) in [6.07, 6.45) is 1.08. The van der Waals surface area contributed by atoms with Gasteiger partial charge >= 0.3 is 6.09 Å². The summed E-state index contributed by atoms with van der Waals surface area (Å²) in [5.41, 5.74) is 0.513. The largest absolute Gasteiger partial charge is 0.496 e. The molecule has 0 radical (unpaired) electrons. The Labute approximate surface area is 140 Å². The van der Waals surface area contributed by atoms with Crippen LogP contribution in [0.1, 0.15) is 25.3 Å². The zero-order valence-electron chi connectivity index (χ0n) is 14.0. The molecule has 1 aromatic rings. The highest BCUT2D eigenvalue weighted by Crippen LogP contribution is 2.20. The van der Waals surface area contributed by atoms with E-state index in [4.69, 9.17) is 9.47 Å². The van der Waals surface area contributed by atoms with Crippen molar-refractivity contribution in [1.82, 2.24) is 10.2 Å². The third-order valence-corrected chi connectivity index (χ3v) is 3.98. The lowest BCUT2D eigenvalue weighted by Gasteiger charge is -2.31. The number of piperidine rings is 1. The molecule has 0 aliphatic carbocycles. The molecule has 2 amide bonds. The first-order valence-corrected chi connectivity index (χ1v) is 8.07. The number of nitrogens with zero attached hydrogens (tertiary/aromatic N) is 1. The Bertz CT molecular complexity index is 586. The number of carbonyl (C=O) groups excluding carboxylic acids is 2. The Morgan fingerprint density at radius 3 is 2.67 bits per heavy atom. The van der Waals surface area contributed by atoms with E-state index in [1.165, 1.54) is 25.3 Å². The van der Waals surface area contributed by atoms with Crippen molar-refractivity contribution in [3.8, 4) is 5.75 Å². The first-order valence-electron chi connectivity index (χ1n) is 8.07. The molecular formula is C17H23FN2O4. The van der Waals surface area contributed by atoms with Gasteiger partial charge in [-0.15, -0.1) is 0 Å². The second kappa shape index (κ2) is 8.52. The molecule has 6 nitrogen and oxygen atoms in total. The maximum atomic E-state index is 13.3. The topological polar surface area (TPSA) is 67.9 Å². The quantitative estimate of drug-likeness (QED) is 0.893. The highest BCUT2D eigenvalue weighted by Gasteiger charge is 2.24. The number of hydrogen-bond donors (Lipinski definition) is 1. The summed E-state index contributed by atoms with van der Waals surface area (Å²) in [6.45, 7) is 3.22. The number of nitrogens with one attached hydrogen (secondary N) is 1. The van der Waals surface area contributed by atoms with Crippen LogP contribution in [0, 0.1) is 5.82 Å². The Morgan fingerprint density at radius 1 is 1.33 bits per heavy atom. The monoisotopic (exact) mass is 338 g/mol. The van der Waals surface area contributed by atoms with Crippen molar-refractivity contribution in [2.24, 2.45) is 0 Å². The molecule has 1 N–H and O–H groups in total. The lowest BCUT2D eigenvalue weighted by molar-refractivity contribution is -0.121. The summed E-state index contributed by atoms with van der Waals surface area (Å²) >= 11 is 0. The van der Waals surface area contributed by atoms with Crippen LogP contribution < -0.4 is 10.1 Å². The van der Waals surface area contributed by atoms with Crippen LogP contribution >= 0.6 is 0 Å². The van der Waals surface area contributed by atoms with E-state index < -0.39 is 5.82 Å². The predicted octanol–water partition coefficient (Wildman–Crippen LogP) is 2.11. The van der Waals surface area contributed by atoms with Gasteiger partial charge in [0, 0.05) is 24.7 Å². The number of rotatable bonds is 5. The molecule has 0 bridgehead atoms. The van der Waals surface area contributed by atoms with Crippen LogP contribution in [0.15, 0.2) is 18.2 Å². The number of carbonyl (C=O) groups is 2. The Hall–Kier alpha value is -2.31. The number of amides is 2. The molecule has 1 aliphatic rings. The molecule has 24 heavy (non-hydrogen) atoms. The predicted molar refractivity (Wildman–Crippen MR) is 86.4 cm³/mol. The fourth-order valence-corrected chi connectivity index (χ4v) is 2.76. The van der Waals surface area contributed by atoms with Gasteiger partial charge in [0.15, 0.2) is 0 Å². The molecule has 132 valence electrons. The first-order chi connectivity index (χ1) is 11.5. The Morgan fingerprint density at radius 2 is 2.04 bits per heavy atom. The average molecular weight is 338 g/mol. The summed E-state index contributed by atoms with van der Waals surface area (Å²) in [5, 5.41) is 2.93. The fraction of sp³-hybridized carbons (Fsp3) is 0.529. The third-order valence-electron chi connectivity index (χ3n) is 3.98. The van der Waals surface area contributed by atoms with Crippen LogP contribution in [0.5, 0.6) is 5.75 Å². The van der Waals surface area contributed by atoms with Gasteiger partial charge < -0.3 is 19.7 Å². The Balaban J connectivity index is 1.84. The number of benzene rings is 1. The highest BCUT2D eigenvalue weighted by atomic mass is 19.1. The smallest absolute Gasteiger partial charge is 0.409 e. The van der Waals surface area contributed by atoms with E-state index in [0.29, 0.717) is 43.9 Å². The lowest BCUT2D eigenvalue weighted by Crippen LogP contribution is -2.47. The zero-order chi connectivity index (χ0) is 17.5. The third kappa shape index (κ3) is 4.84. The minimum atomic E-state index is -0.402. The van der Waals surface area contributed by atoms with Crippen molar-refractivity contribution >= 4 is 12.0 Å². The molecule has 1 aliphatic heterocycles. The van der Waals surface area contributed by atoms with Crippen LogP contribution in [-0.2, 0) is 16.0 Å². The van der Waals surface area contributed by atoms with Gasteiger partial charge in [-0.05, 0) is 38.0 Å². The molecule has 7 heteroatoms. The van der Waals surface area contributed by atoms with E-state index in [1.54, 1.807) is 11.8 Å². The normalized spacial score (nSPS) is 15.0. The maximum Gasteiger partial charge on any atom is 0.409 e. The zero-order valence-corrected chi connectivity index (χ0v) is 14.0. The summed E-state index contributed by atoms with van der Waals surface area (Å²) in [4.78, 5) is 25.5. The second-order valence-electron chi connectivity index (χ2n) is 5.66.